The fraction of sp³-hybridized carbons (Fsp3) is 0.462. The lowest BCUT2D eigenvalue weighted by Gasteiger charge is -2.12. The Labute approximate surface area is 116 Å². The fourth-order valence-corrected chi connectivity index (χ4v) is 1.94. The lowest BCUT2D eigenvalue weighted by molar-refractivity contribution is 0.0692. The summed E-state index contributed by atoms with van der Waals surface area (Å²) in [4.78, 5) is 17.4. The van der Waals surface area contributed by atoms with E-state index in [0.717, 1.165) is 13.0 Å². The summed E-state index contributed by atoms with van der Waals surface area (Å²) in [6.45, 7) is 1.33. The molecule has 2 aromatic heterocycles. The van der Waals surface area contributed by atoms with Gasteiger partial charge in [0.15, 0.2) is 5.65 Å². The molecule has 0 aliphatic heterocycles. The molecule has 1 N–H and O–H groups in total. The molecule has 0 aliphatic rings. The first-order valence-electron chi connectivity index (χ1n) is 6.32. The Bertz CT molecular complexity index is 621. The van der Waals surface area contributed by atoms with Crippen molar-refractivity contribution in [1.29, 1.82) is 0 Å². The highest BCUT2D eigenvalue weighted by atomic mass is 16.5. The number of aromatic carboxylic acids is 1. The molecule has 0 saturated carbocycles. The molecular weight excluding hydrogens is 260 g/mol. The molecule has 0 unspecified atom stereocenters. The van der Waals surface area contributed by atoms with E-state index in [1.165, 1.54) is 6.20 Å². The SMILES string of the molecule is CN(C)CCCOc1c(C(=O)O)cnc2c1cnn2C. The van der Waals surface area contributed by atoms with Crippen LogP contribution in [0.1, 0.15) is 16.8 Å². The van der Waals surface area contributed by atoms with Crippen LogP contribution in [0, 0.1) is 0 Å². The maximum absolute atomic E-state index is 11.3. The van der Waals surface area contributed by atoms with Gasteiger partial charge in [-0.15, -0.1) is 0 Å². The highest BCUT2D eigenvalue weighted by Gasteiger charge is 2.18. The molecule has 0 amide bonds. The van der Waals surface area contributed by atoms with Gasteiger partial charge in [0, 0.05) is 19.8 Å². The van der Waals surface area contributed by atoms with Gasteiger partial charge in [0.1, 0.15) is 11.3 Å². The van der Waals surface area contributed by atoms with Crippen molar-refractivity contribution in [2.45, 2.75) is 6.42 Å². The summed E-state index contributed by atoms with van der Waals surface area (Å²) in [6.07, 6.45) is 3.71. The first-order chi connectivity index (χ1) is 9.50. The standard InChI is InChI=1S/C13H18N4O3/c1-16(2)5-4-6-20-11-9-8-15-17(3)12(9)14-7-10(11)13(18)19/h7-8H,4-6H2,1-3H3,(H,18,19). The van der Waals surface area contributed by atoms with Crippen LogP contribution in [0.25, 0.3) is 11.0 Å². The summed E-state index contributed by atoms with van der Waals surface area (Å²) in [7, 11) is 5.72. The number of pyridine rings is 1. The molecule has 2 aromatic rings. The third-order valence-corrected chi connectivity index (χ3v) is 2.94. The maximum Gasteiger partial charge on any atom is 0.341 e. The Kier molecular flexibility index (Phi) is 4.19. The van der Waals surface area contributed by atoms with Crippen LogP contribution < -0.4 is 4.74 Å². The lowest BCUT2D eigenvalue weighted by atomic mass is 10.2. The average Bonchev–Trinajstić information content (AvgIpc) is 2.76. The number of nitrogens with zero attached hydrogens (tertiary/aromatic N) is 4. The number of aryl methyl sites for hydroxylation is 1. The molecule has 0 saturated heterocycles. The largest absolute Gasteiger partial charge is 0.492 e. The van der Waals surface area contributed by atoms with Crippen molar-refractivity contribution in [3.63, 3.8) is 0 Å². The number of fused-ring (bicyclic) bond motifs is 1. The van der Waals surface area contributed by atoms with Crippen molar-refractivity contribution in [3.05, 3.63) is 18.0 Å². The van der Waals surface area contributed by atoms with Gasteiger partial charge in [-0.25, -0.2) is 9.78 Å². The van der Waals surface area contributed by atoms with Crippen LogP contribution in [0.2, 0.25) is 0 Å². The number of carboxylic acid groups (broad SMARTS) is 1. The second-order valence-electron chi connectivity index (χ2n) is 4.82. The number of carboxylic acids is 1. The molecular formula is C13H18N4O3. The van der Waals surface area contributed by atoms with Crippen LogP contribution >= 0.6 is 0 Å². The summed E-state index contributed by atoms with van der Waals surface area (Å²) in [6, 6.07) is 0. The molecule has 7 heteroatoms. The van der Waals surface area contributed by atoms with Crippen LogP contribution in [-0.4, -0.2) is 58.0 Å². The molecule has 0 atom stereocenters. The first kappa shape index (κ1) is 14.3. The third kappa shape index (κ3) is 2.88. The zero-order valence-electron chi connectivity index (χ0n) is 11.8. The van der Waals surface area contributed by atoms with E-state index in [2.05, 4.69) is 10.1 Å². The van der Waals surface area contributed by atoms with Crippen molar-refractivity contribution in [2.24, 2.45) is 7.05 Å². The van der Waals surface area contributed by atoms with Gasteiger partial charge in [0.05, 0.1) is 18.2 Å². The van der Waals surface area contributed by atoms with Gasteiger partial charge < -0.3 is 14.7 Å². The van der Waals surface area contributed by atoms with Crippen molar-refractivity contribution in [3.8, 4) is 5.75 Å². The third-order valence-electron chi connectivity index (χ3n) is 2.94. The topological polar surface area (TPSA) is 80.5 Å². The molecule has 0 aromatic carbocycles. The number of carbonyl (C=O) groups is 1. The highest BCUT2D eigenvalue weighted by molar-refractivity contribution is 5.97. The van der Waals surface area contributed by atoms with Crippen molar-refractivity contribution < 1.29 is 14.6 Å². The van der Waals surface area contributed by atoms with Gasteiger partial charge in [0.2, 0.25) is 0 Å². The summed E-state index contributed by atoms with van der Waals surface area (Å²) < 4.78 is 7.27. The molecule has 20 heavy (non-hydrogen) atoms. The summed E-state index contributed by atoms with van der Waals surface area (Å²) in [5.74, 6) is -0.708. The van der Waals surface area contributed by atoms with Crippen LogP contribution in [0.15, 0.2) is 12.4 Å². The van der Waals surface area contributed by atoms with Gasteiger partial charge in [-0.3, -0.25) is 4.68 Å². The Morgan fingerprint density at radius 1 is 1.45 bits per heavy atom. The maximum atomic E-state index is 11.3. The van der Waals surface area contributed by atoms with Crippen LogP contribution in [0.5, 0.6) is 5.75 Å². The Morgan fingerprint density at radius 2 is 2.20 bits per heavy atom. The zero-order valence-corrected chi connectivity index (χ0v) is 11.8. The van der Waals surface area contributed by atoms with Crippen LogP contribution in [-0.2, 0) is 7.05 Å². The highest BCUT2D eigenvalue weighted by Crippen LogP contribution is 2.28. The van der Waals surface area contributed by atoms with E-state index in [1.807, 2.05) is 19.0 Å². The summed E-state index contributed by atoms with van der Waals surface area (Å²) >= 11 is 0. The minimum atomic E-state index is -1.05. The molecule has 2 heterocycles. The molecule has 0 radical (unpaired) electrons. The Balaban J connectivity index is 2.28. The van der Waals surface area contributed by atoms with E-state index in [1.54, 1.807) is 17.9 Å². The summed E-state index contributed by atoms with van der Waals surface area (Å²) in [5.41, 5.74) is 0.674. The molecule has 0 bridgehead atoms. The number of hydrogen-bond acceptors (Lipinski definition) is 5. The van der Waals surface area contributed by atoms with Gasteiger partial charge in [0.25, 0.3) is 0 Å². The number of ether oxygens (including phenoxy) is 1. The minimum absolute atomic E-state index is 0.0651. The van der Waals surface area contributed by atoms with E-state index < -0.39 is 5.97 Å². The molecule has 108 valence electrons. The van der Waals surface area contributed by atoms with E-state index >= 15 is 0 Å². The number of rotatable bonds is 6. The summed E-state index contributed by atoms with van der Waals surface area (Å²) in [5, 5.41) is 13.9. The molecule has 2 rings (SSSR count). The first-order valence-corrected chi connectivity index (χ1v) is 6.32. The van der Waals surface area contributed by atoms with Crippen molar-refractivity contribution >= 4 is 17.0 Å². The van der Waals surface area contributed by atoms with E-state index in [9.17, 15) is 9.90 Å². The normalized spacial score (nSPS) is 11.2. The van der Waals surface area contributed by atoms with Gasteiger partial charge in [-0.1, -0.05) is 0 Å². The van der Waals surface area contributed by atoms with E-state index in [-0.39, 0.29) is 5.56 Å². The van der Waals surface area contributed by atoms with Crippen molar-refractivity contribution in [1.82, 2.24) is 19.7 Å². The zero-order chi connectivity index (χ0) is 14.7. The average molecular weight is 278 g/mol. The molecule has 0 spiro atoms. The molecule has 7 nitrogen and oxygen atoms in total. The van der Waals surface area contributed by atoms with E-state index in [4.69, 9.17) is 4.74 Å². The Hall–Kier alpha value is -2.15. The molecule has 0 aliphatic carbocycles. The van der Waals surface area contributed by atoms with Gasteiger partial charge in [-0.05, 0) is 20.5 Å². The lowest BCUT2D eigenvalue weighted by Crippen LogP contribution is -2.16. The minimum Gasteiger partial charge on any atom is -0.492 e. The smallest absolute Gasteiger partial charge is 0.341 e. The van der Waals surface area contributed by atoms with Gasteiger partial charge in [-0.2, -0.15) is 5.10 Å². The van der Waals surface area contributed by atoms with Crippen LogP contribution in [0.4, 0.5) is 0 Å². The molecule has 0 fully saturated rings. The Morgan fingerprint density at radius 3 is 2.85 bits per heavy atom. The van der Waals surface area contributed by atoms with E-state index in [0.29, 0.717) is 23.4 Å². The predicted molar refractivity (Wildman–Crippen MR) is 74.1 cm³/mol. The second kappa shape index (κ2) is 5.87. The second-order valence-corrected chi connectivity index (χ2v) is 4.82. The van der Waals surface area contributed by atoms with Gasteiger partial charge >= 0.3 is 5.97 Å². The van der Waals surface area contributed by atoms with Crippen LogP contribution in [0.3, 0.4) is 0 Å². The number of hydrogen-bond donors (Lipinski definition) is 1. The van der Waals surface area contributed by atoms with Crippen molar-refractivity contribution in [2.75, 3.05) is 27.2 Å². The predicted octanol–water partition coefficient (Wildman–Crippen LogP) is 0.997. The monoisotopic (exact) mass is 278 g/mol. The number of aromatic nitrogens is 3. The quantitative estimate of drug-likeness (QED) is 0.794. The fourth-order valence-electron chi connectivity index (χ4n) is 1.94.